The lowest BCUT2D eigenvalue weighted by atomic mass is 10.1. The van der Waals surface area contributed by atoms with Gasteiger partial charge in [-0.25, -0.2) is 4.98 Å². The highest BCUT2D eigenvalue weighted by Gasteiger charge is 2.36. The molecule has 0 N–H and O–H groups in total. The second-order valence-electron chi connectivity index (χ2n) is 6.38. The summed E-state index contributed by atoms with van der Waals surface area (Å²) >= 11 is 5.81. The van der Waals surface area contributed by atoms with Crippen LogP contribution < -0.4 is 4.74 Å². The van der Waals surface area contributed by atoms with Gasteiger partial charge in [-0.05, 0) is 26.0 Å². The Bertz CT molecular complexity index is 952. The number of nitrogens with zero attached hydrogens (tertiary/aromatic N) is 4. The van der Waals surface area contributed by atoms with Gasteiger partial charge in [-0.3, -0.25) is 0 Å². The SMILES string of the molecule is Cn1c(-c2ccccc2C(F)(F)F)nnc1C(C)(C)Oc1ccc(Cl)cn1. The van der Waals surface area contributed by atoms with Gasteiger partial charge in [-0.15, -0.1) is 10.2 Å². The molecule has 2 heterocycles. The van der Waals surface area contributed by atoms with Crippen molar-refractivity contribution in [1.29, 1.82) is 0 Å². The highest BCUT2D eigenvalue weighted by Crippen LogP contribution is 2.37. The zero-order valence-electron chi connectivity index (χ0n) is 14.8. The Morgan fingerprint density at radius 3 is 2.37 bits per heavy atom. The van der Waals surface area contributed by atoms with Gasteiger partial charge in [0, 0.05) is 24.9 Å². The molecule has 9 heteroatoms. The molecule has 0 spiro atoms. The Morgan fingerprint density at radius 2 is 1.74 bits per heavy atom. The van der Waals surface area contributed by atoms with Crippen molar-refractivity contribution < 1.29 is 17.9 Å². The second kappa shape index (κ2) is 6.84. The molecule has 0 fully saturated rings. The summed E-state index contributed by atoms with van der Waals surface area (Å²) in [7, 11) is 1.60. The third-order valence-electron chi connectivity index (χ3n) is 3.95. The molecule has 0 amide bonds. The predicted octanol–water partition coefficient (Wildman–Crippen LogP) is 4.86. The van der Waals surface area contributed by atoms with E-state index in [-0.39, 0.29) is 11.4 Å². The van der Waals surface area contributed by atoms with Gasteiger partial charge < -0.3 is 9.30 Å². The van der Waals surface area contributed by atoms with Crippen LogP contribution in [0, 0.1) is 0 Å². The molecule has 2 aromatic heterocycles. The molecule has 0 aliphatic rings. The summed E-state index contributed by atoms with van der Waals surface area (Å²) < 4.78 is 47.3. The van der Waals surface area contributed by atoms with E-state index in [1.165, 1.54) is 29.0 Å². The van der Waals surface area contributed by atoms with Gasteiger partial charge in [0.2, 0.25) is 5.88 Å². The van der Waals surface area contributed by atoms with Gasteiger partial charge in [0.1, 0.15) is 0 Å². The molecule has 5 nitrogen and oxygen atoms in total. The minimum absolute atomic E-state index is 0.0494. The van der Waals surface area contributed by atoms with Crippen LogP contribution in [0.2, 0.25) is 5.02 Å². The molecule has 142 valence electrons. The number of rotatable bonds is 4. The molecule has 3 rings (SSSR count). The molecular formula is C18H16ClF3N4O. The van der Waals surface area contributed by atoms with Gasteiger partial charge >= 0.3 is 6.18 Å². The van der Waals surface area contributed by atoms with Crippen LogP contribution in [0.5, 0.6) is 5.88 Å². The number of hydrogen-bond acceptors (Lipinski definition) is 4. The van der Waals surface area contributed by atoms with Crippen molar-refractivity contribution in [3.05, 3.63) is 59.0 Å². The van der Waals surface area contributed by atoms with Crippen LogP contribution in [0.4, 0.5) is 13.2 Å². The average molecular weight is 397 g/mol. The highest BCUT2D eigenvalue weighted by molar-refractivity contribution is 6.30. The Hall–Kier alpha value is -2.61. The number of aromatic nitrogens is 4. The minimum Gasteiger partial charge on any atom is -0.463 e. The number of pyridine rings is 1. The summed E-state index contributed by atoms with van der Waals surface area (Å²) in [5.41, 5.74) is -1.81. The standard InChI is InChI=1S/C18H16ClF3N4O/c1-17(2,27-14-9-8-11(19)10-23-14)16-25-24-15(26(16)3)12-6-4-5-7-13(12)18(20,21)22/h4-10H,1-3H3. The normalized spacial score (nSPS) is 12.3. The van der Waals surface area contributed by atoms with Crippen molar-refractivity contribution in [2.75, 3.05) is 0 Å². The fourth-order valence-corrected chi connectivity index (χ4v) is 2.85. The van der Waals surface area contributed by atoms with Crippen LogP contribution in [0.25, 0.3) is 11.4 Å². The number of ether oxygens (including phenoxy) is 1. The van der Waals surface area contributed by atoms with Crippen LogP contribution in [0.3, 0.4) is 0 Å². The summed E-state index contributed by atoms with van der Waals surface area (Å²) in [6.45, 7) is 3.46. The molecule has 0 atom stereocenters. The summed E-state index contributed by atoms with van der Waals surface area (Å²) in [5, 5.41) is 8.50. The quantitative estimate of drug-likeness (QED) is 0.631. The number of hydrogen-bond donors (Lipinski definition) is 0. The van der Waals surface area contributed by atoms with Crippen molar-refractivity contribution in [3.63, 3.8) is 0 Å². The molecule has 0 aliphatic heterocycles. The fraction of sp³-hybridized carbons (Fsp3) is 0.278. The number of halogens is 4. The van der Waals surface area contributed by atoms with E-state index in [4.69, 9.17) is 16.3 Å². The maximum absolute atomic E-state index is 13.3. The Kier molecular flexibility index (Phi) is 4.86. The van der Waals surface area contributed by atoms with Crippen LogP contribution in [-0.2, 0) is 18.8 Å². The lowest BCUT2D eigenvalue weighted by Crippen LogP contribution is -2.29. The third-order valence-corrected chi connectivity index (χ3v) is 4.17. The van der Waals surface area contributed by atoms with Crippen molar-refractivity contribution in [3.8, 4) is 17.3 Å². The minimum atomic E-state index is -4.50. The molecule has 27 heavy (non-hydrogen) atoms. The van der Waals surface area contributed by atoms with Gasteiger partial charge in [0.05, 0.1) is 10.6 Å². The molecule has 0 saturated heterocycles. The van der Waals surface area contributed by atoms with E-state index in [9.17, 15) is 13.2 Å². The zero-order valence-corrected chi connectivity index (χ0v) is 15.5. The van der Waals surface area contributed by atoms with Gasteiger partial charge in [-0.1, -0.05) is 29.8 Å². The predicted molar refractivity (Wildman–Crippen MR) is 94.3 cm³/mol. The Labute approximate surface area is 158 Å². The van der Waals surface area contributed by atoms with E-state index in [1.807, 2.05) is 0 Å². The molecule has 3 aromatic rings. The zero-order chi connectivity index (χ0) is 19.8. The molecule has 1 aromatic carbocycles. The number of alkyl halides is 3. The Balaban J connectivity index is 1.99. The summed E-state index contributed by atoms with van der Waals surface area (Å²) in [5.74, 6) is 0.759. The first-order valence-electron chi connectivity index (χ1n) is 7.96. The summed E-state index contributed by atoms with van der Waals surface area (Å²) in [6.07, 6.45) is -3.06. The van der Waals surface area contributed by atoms with E-state index in [0.717, 1.165) is 6.07 Å². The molecule has 0 aliphatic carbocycles. The van der Waals surface area contributed by atoms with E-state index in [2.05, 4.69) is 15.2 Å². The van der Waals surface area contributed by atoms with Gasteiger partial charge in [0.25, 0.3) is 0 Å². The second-order valence-corrected chi connectivity index (χ2v) is 6.81. The lowest BCUT2D eigenvalue weighted by molar-refractivity contribution is -0.137. The largest absolute Gasteiger partial charge is 0.463 e. The molecule has 0 bridgehead atoms. The van der Waals surface area contributed by atoms with E-state index < -0.39 is 17.3 Å². The van der Waals surface area contributed by atoms with Gasteiger partial charge in [0.15, 0.2) is 17.2 Å². The first-order valence-corrected chi connectivity index (χ1v) is 8.34. The molecule has 0 saturated carbocycles. The van der Waals surface area contributed by atoms with E-state index >= 15 is 0 Å². The molecule has 0 radical (unpaired) electrons. The summed E-state index contributed by atoms with van der Waals surface area (Å²) in [6, 6.07) is 8.47. The first-order chi connectivity index (χ1) is 12.6. The average Bonchev–Trinajstić information content (AvgIpc) is 2.98. The Morgan fingerprint density at radius 1 is 1.04 bits per heavy atom. The van der Waals surface area contributed by atoms with Crippen molar-refractivity contribution in [1.82, 2.24) is 19.7 Å². The van der Waals surface area contributed by atoms with Crippen LogP contribution in [-0.4, -0.2) is 19.7 Å². The topological polar surface area (TPSA) is 52.8 Å². The molecule has 0 unspecified atom stereocenters. The third kappa shape index (κ3) is 3.90. The smallest absolute Gasteiger partial charge is 0.417 e. The van der Waals surface area contributed by atoms with Crippen molar-refractivity contribution in [2.24, 2.45) is 7.05 Å². The summed E-state index contributed by atoms with van der Waals surface area (Å²) in [4.78, 5) is 4.07. The van der Waals surface area contributed by atoms with Gasteiger partial charge in [-0.2, -0.15) is 13.2 Å². The van der Waals surface area contributed by atoms with Crippen LogP contribution in [0.1, 0.15) is 25.2 Å². The van der Waals surface area contributed by atoms with E-state index in [0.29, 0.717) is 16.7 Å². The monoisotopic (exact) mass is 396 g/mol. The highest BCUT2D eigenvalue weighted by atomic mass is 35.5. The maximum Gasteiger partial charge on any atom is 0.417 e. The van der Waals surface area contributed by atoms with Crippen molar-refractivity contribution in [2.45, 2.75) is 25.6 Å². The molecular weight excluding hydrogens is 381 g/mol. The van der Waals surface area contributed by atoms with E-state index in [1.54, 1.807) is 33.0 Å². The van der Waals surface area contributed by atoms with Crippen LogP contribution >= 0.6 is 11.6 Å². The lowest BCUT2D eigenvalue weighted by Gasteiger charge is -2.24. The first kappa shape index (κ1) is 19.2. The fourth-order valence-electron chi connectivity index (χ4n) is 2.74. The van der Waals surface area contributed by atoms with Crippen molar-refractivity contribution >= 4 is 11.6 Å². The number of benzene rings is 1. The maximum atomic E-state index is 13.3. The van der Waals surface area contributed by atoms with Crippen LogP contribution in [0.15, 0.2) is 42.6 Å².